The minimum absolute atomic E-state index is 0.0450. The zero-order valence-corrected chi connectivity index (χ0v) is 6.47. The summed E-state index contributed by atoms with van der Waals surface area (Å²) in [4.78, 5) is 0. The molecular formula is C7H11F3O2. The van der Waals surface area contributed by atoms with Gasteiger partial charge in [-0.1, -0.05) is 0 Å². The Morgan fingerprint density at radius 3 is 2.33 bits per heavy atom. The van der Waals surface area contributed by atoms with E-state index in [1.54, 1.807) is 0 Å². The largest absolute Gasteiger partial charge is 0.522 e. The molecule has 0 heterocycles. The van der Waals surface area contributed by atoms with Gasteiger partial charge < -0.3 is 5.11 Å². The van der Waals surface area contributed by atoms with Gasteiger partial charge in [0.2, 0.25) is 0 Å². The van der Waals surface area contributed by atoms with Crippen LogP contribution in [0.1, 0.15) is 19.3 Å². The molecule has 2 nitrogen and oxygen atoms in total. The summed E-state index contributed by atoms with van der Waals surface area (Å²) in [5, 5.41) is 8.46. The highest BCUT2D eigenvalue weighted by Crippen LogP contribution is 2.36. The summed E-state index contributed by atoms with van der Waals surface area (Å²) in [5.74, 6) is 0.211. The number of hydrogen-bond acceptors (Lipinski definition) is 2. The molecule has 1 N–H and O–H groups in total. The molecule has 1 rings (SSSR count). The lowest BCUT2D eigenvalue weighted by Crippen LogP contribution is -2.36. The average Bonchev–Trinajstić information content (AvgIpc) is 1.80. The first-order valence-electron chi connectivity index (χ1n) is 3.86. The Morgan fingerprint density at radius 2 is 1.92 bits per heavy atom. The van der Waals surface area contributed by atoms with Crippen LogP contribution in [0.2, 0.25) is 0 Å². The van der Waals surface area contributed by atoms with Crippen molar-refractivity contribution in [3.8, 4) is 0 Å². The van der Waals surface area contributed by atoms with Gasteiger partial charge in [0.25, 0.3) is 0 Å². The molecular weight excluding hydrogens is 173 g/mol. The van der Waals surface area contributed by atoms with Gasteiger partial charge in [-0.3, -0.25) is 4.74 Å². The number of ether oxygens (including phenoxy) is 1. The molecule has 72 valence electrons. The van der Waals surface area contributed by atoms with Crippen molar-refractivity contribution in [2.45, 2.75) is 31.7 Å². The normalized spacial score (nSPS) is 30.0. The van der Waals surface area contributed by atoms with E-state index in [0.717, 1.165) is 0 Å². The van der Waals surface area contributed by atoms with E-state index in [9.17, 15) is 13.2 Å². The molecule has 0 aromatic carbocycles. The summed E-state index contributed by atoms with van der Waals surface area (Å²) in [6.07, 6.45) is -3.77. The third kappa shape index (κ3) is 2.98. The van der Waals surface area contributed by atoms with E-state index in [0.29, 0.717) is 19.3 Å². The van der Waals surface area contributed by atoms with Crippen molar-refractivity contribution in [3.63, 3.8) is 0 Å². The Balaban J connectivity index is 2.10. The molecule has 0 aromatic heterocycles. The Bertz CT molecular complexity index is 140. The highest BCUT2D eigenvalue weighted by atomic mass is 19.4. The quantitative estimate of drug-likeness (QED) is 0.723. The van der Waals surface area contributed by atoms with Crippen LogP contribution < -0.4 is 0 Å². The van der Waals surface area contributed by atoms with Gasteiger partial charge in [0.1, 0.15) is 0 Å². The van der Waals surface area contributed by atoms with Crippen LogP contribution in [0.3, 0.4) is 0 Å². The summed E-state index contributed by atoms with van der Waals surface area (Å²) in [5.41, 5.74) is 0. The van der Waals surface area contributed by atoms with E-state index in [2.05, 4.69) is 4.74 Å². The summed E-state index contributed by atoms with van der Waals surface area (Å²) in [7, 11) is 0. The molecule has 12 heavy (non-hydrogen) atoms. The summed E-state index contributed by atoms with van der Waals surface area (Å²) in [6.45, 7) is 0.0450. The first-order chi connectivity index (χ1) is 5.51. The fourth-order valence-electron chi connectivity index (χ4n) is 1.38. The standard InChI is InChI=1S/C7H11F3O2/c8-7(9,10)12-6-3-5(4-6)1-2-11/h5-6,11H,1-4H2. The molecule has 5 heteroatoms. The predicted molar refractivity (Wildman–Crippen MR) is 35.4 cm³/mol. The maximum absolute atomic E-state index is 11.6. The molecule has 1 saturated carbocycles. The van der Waals surface area contributed by atoms with Crippen molar-refractivity contribution in [2.24, 2.45) is 5.92 Å². The van der Waals surface area contributed by atoms with E-state index < -0.39 is 12.5 Å². The first-order valence-corrected chi connectivity index (χ1v) is 3.86. The van der Waals surface area contributed by atoms with Crippen molar-refractivity contribution >= 4 is 0 Å². The lowest BCUT2D eigenvalue weighted by atomic mass is 9.80. The second-order valence-corrected chi connectivity index (χ2v) is 3.04. The predicted octanol–water partition coefficient (Wildman–Crippen LogP) is 1.68. The number of aliphatic hydroxyl groups excluding tert-OH is 1. The van der Waals surface area contributed by atoms with Crippen LogP contribution in [0.4, 0.5) is 13.2 Å². The lowest BCUT2D eigenvalue weighted by Gasteiger charge is -2.34. The van der Waals surface area contributed by atoms with Gasteiger partial charge in [0, 0.05) is 6.61 Å². The van der Waals surface area contributed by atoms with Crippen molar-refractivity contribution in [1.29, 1.82) is 0 Å². The molecule has 0 aliphatic heterocycles. The second kappa shape index (κ2) is 3.62. The summed E-state index contributed by atoms with van der Waals surface area (Å²) in [6, 6.07) is 0. The fraction of sp³-hybridized carbons (Fsp3) is 1.00. The Hall–Kier alpha value is -0.290. The van der Waals surface area contributed by atoms with Crippen LogP contribution in [0.25, 0.3) is 0 Å². The van der Waals surface area contributed by atoms with Gasteiger partial charge >= 0.3 is 6.36 Å². The lowest BCUT2D eigenvalue weighted by molar-refractivity contribution is -0.354. The molecule has 0 unspecified atom stereocenters. The molecule has 1 aliphatic rings. The molecule has 0 atom stereocenters. The third-order valence-corrected chi connectivity index (χ3v) is 2.03. The van der Waals surface area contributed by atoms with Crippen LogP contribution >= 0.6 is 0 Å². The smallest absolute Gasteiger partial charge is 0.396 e. The van der Waals surface area contributed by atoms with Gasteiger partial charge in [-0.05, 0) is 25.2 Å². The molecule has 0 spiro atoms. The van der Waals surface area contributed by atoms with Crippen LogP contribution in [0.5, 0.6) is 0 Å². The topological polar surface area (TPSA) is 29.5 Å². The Labute approximate surface area is 68.3 Å². The highest BCUT2D eigenvalue weighted by molar-refractivity contribution is 4.80. The molecule has 0 saturated heterocycles. The van der Waals surface area contributed by atoms with Crippen molar-refractivity contribution < 1.29 is 23.0 Å². The van der Waals surface area contributed by atoms with Crippen molar-refractivity contribution in [1.82, 2.24) is 0 Å². The molecule has 0 aromatic rings. The first kappa shape index (κ1) is 9.80. The fourth-order valence-corrected chi connectivity index (χ4v) is 1.38. The minimum atomic E-state index is -4.51. The zero-order chi connectivity index (χ0) is 9.19. The zero-order valence-electron chi connectivity index (χ0n) is 6.47. The van der Waals surface area contributed by atoms with Gasteiger partial charge in [-0.15, -0.1) is 13.2 Å². The van der Waals surface area contributed by atoms with Gasteiger partial charge in [0.15, 0.2) is 0 Å². The van der Waals surface area contributed by atoms with E-state index in [4.69, 9.17) is 5.11 Å². The number of hydrogen-bond donors (Lipinski definition) is 1. The Kier molecular flexibility index (Phi) is 2.95. The molecule has 0 amide bonds. The highest BCUT2D eigenvalue weighted by Gasteiger charge is 2.39. The minimum Gasteiger partial charge on any atom is -0.396 e. The monoisotopic (exact) mass is 184 g/mol. The van der Waals surface area contributed by atoms with E-state index in [1.807, 2.05) is 0 Å². The van der Waals surface area contributed by atoms with E-state index in [1.165, 1.54) is 0 Å². The summed E-state index contributed by atoms with van der Waals surface area (Å²) >= 11 is 0. The average molecular weight is 184 g/mol. The maximum atomic E-state index is 11.6. The van der Waals surface area contributed by atoms with E-state index >= 15 is 0 Å². The molecule has 1 fully saturated rings. The number of rotatable bonds is 3. The van der Waals surface area contributed by atoms with Crippen LogP contribution in [-0.2, 0) is 4.74 Å². The number of alkyl halides is 3. The van der Waals surface area contributed by atoms with Crippen molar-refractivity contribution in [2.75, 3.05) is 6.61 Å². The summed E-state index contributed by atoms with van der Waals surface area (Å²) < 4.78 is 38.5. The molecule has 1 aliphatic carbocycles. The van der Waals surface area contributed by atoms with Gasteiger partial charge in [-0.2, -0.15) is 0 Å². The van der Waals surface area contributed by atoms with Crippen LogP contribution in [-0.4, -0.2) is 24.2 Å². The van der Waals surface area contributed by atoms with Gasteiger partial charge in [-0.25, -0.2) is 0 Å². The van der Waals surface area contributed by atoms with E-state index in [-0.39, 0.29) is 12.5 Å². The van der Waals surface area contributed by atoms with Gasteiger partial charge in [0.05, 0.1) is 6.10 Å². The van der Waals surface area contributed by atoms with Crippen LogP contribution in [0, 0.1) is 5.92 Å². The third-order valence-electron chi connectivity index (χ3n) is 2.03. The molecule has 0 radical (unpaired) electrons. The number of halogens is 3. The maximum Gasteiger partial charge on any atom is 0.522 e. The number of aliphatic hydroxyl groups is 1. The van der Waals surface area contributed by atoms with Crippen molar-refractivity contribution in [3.05, 3.63) is 0 Å². The molecule has 0 bridgehead atoms. The van der Waals surface area contributed by atoms with Crippen LogP contribution in [0.15, 0.2) is 0 Å². The SMILES string of the molecule is OCCC1CC(OC(F)(F)F)C1. The second-order valence-electron chi connectivity index (χ2n) is 3.04. The Morgan fingerprint density at radius 1 is 1.33 bits per heavy atom.